The number of aryl methyl sites for hydroxylation is 1. The minimum Gasteiger partial charge on any atom is -0.334 e. The van der Waals surface area contributed by atoms with Crippen LogP contribution in [0.5, 0.6) is 0 Å². The van der Waals surface area contributed by atoms with E-state index in [1.807, 2.05) is 19.1 Å². The van der Waals surface area contributed by atoms with E-state index in [4.69, 9.17) is 5.26 Å². The van der Waals surface area contributed by atoms with Gasteiger partial charge in [0.25, 0.3) is 5.91 Å². The molecule has 0 aliphatic rings. The summed E-state index contributed by atoms with van der Waals surface area (Å²) in [6.45, 7) is 5.19. The van der Waals surface area contributed by atoms with Crippen LogP contribution in [0.25, 0.3) is 0 Å². The Labute approximate surface area is 104 Å². The summed E-state index contributed by atoms with van der Waals surface area (Å²) >= 11 is 3.34. The van der Waals surface area contributed by atoms with Gasteiger partial charge in [-0.05, 0) is 44.5 Å². The highest BCUT2D eigenvalue weighted by atomic mass is 79.9. The maximum absolute atomic E-state index is 11.9. The fraction of sp³-hybridized carbons (Fsp3) is 0.333. The van der Waals surface area contributed by atoms with Crippen LogP contribution in [0.1, 0.15) is 29.8 Å². The maximum atomic E-state index is 11.9. The molecule has 4 heteroatoms. The molecule has 1 aromatic carbocycles. The first-order valence-corrected chi connectivity index (χ1v) is 5.65. The Morgan fingerprint density at radius 2 is 2.12 bits per heavy atom. The Hall–Kier alpha value is -1.34. The quantitative estimate of drug-likeness (QED) is 0.906. The average Bonchev–Trinajstić information content (AvgIpc) is 2.16. The fourth-order valence-electron chi connectivity index (χ4n) is 1.26. The van der Waals surface area contributed by atoms with Crippen LogP contribution in [0.15, 0.2) is 22.7 Å². The van der Waals surface area contributed by atoms with Crippen LogP contribution < -0.4 is 5.32 Å². The minimum absolute atomic E-state index is 0.225. The molecule has 1 rings (SSSR count). The molecule has 0 saturated carbocycles. The Morgan fingerprint density at radius 3 is 2.62 bits per heavy atom. The summed E-state index contributed by atoms with van der Waals surface area (Å²) in [7, 11) is 0. The maximum Gasteiger partial charge on any atom is 0.252 e. The van der Waals surface area contributed by atoms with Crippen molar-refractivity contribution < 1.29 is 4.79 Å². The van der Waals surface area contributed by atoms with Gasteiger partial charge in [-0.1, -0.05) is 15.9 Å². The normalized spacial score (nSPS) is 10.7. The average molecular weight is 281 g/mol. The molecule has 0 aliphatic heterocycles. The Kier molecular flexibility index (Phi) is 3.71. The number of rotatable bonds is 2. The highest BCUT2D eigenvalue weighted by Gasteiger charge is 2.20. The van der Waals surface area contributed by atoms with Gasteiger partial charge < -0.3 is 5.32 Å². The van der Waals surface area contributed by atoms with Gasteiger partial charge in [0, 0.05) is 10.0 Å². The number of nitrogens with one attached hydrogen (secondary N) is 1. The molecule has 0 radical (unpaired) electrons. The molecular weight excluding hydrogens is 268 g/mol. The summed E-state index contributed by atoms with van der Waals surface area (Å²) < 4.78 is 0.932. The van der Waals surface area contributed by atoms with Gasteiger partial charge in [0.2, 0.25) is 0 Å². The van der Waals surface area contributed by atoms with Gasteiger partial charge in [-0.3, -0.25) is 4.79 Å². The standard InChI is InChI=1S/C12H13BrN2O/c1-8-6-9(13)4-5-10(8)11(16)15-12(2,3)7-14/h4-6H,1-3H3,(H,15,16). The number of benzene rings is 1. The highest BCUT2D eigenvalue weighted by Crippen LogP contribution is 2.16. The highest BCUT2D eigenvalue weighted by molar-refractivity contribution is 9.10. The lowest BCUT2D eigenvalue weighted by Crippen LogP contribution is -2.42. The second kappa shape index (κ2) is 4.67. The molecule has 0 aliphatic carbocycles. The smallest absolute Gasteiger partial charge is 0.252 e. The van der Waals surface area contributed by atoms with E-state index < -0.39 is 5.54 Å². The van der Waals surface area contributed by atoms with Gasteiger partial charge in [-0.25, -0.2) is 0 Å². The van der Waals surface area contributed by atoms with Crippen LogP contribution in [0.2, 0.25) is 0 Å². The summed E-state index contributed by atoms with van der Waals surface area (Å²) in [5, 5.41) is 11.5. The molecule has 0 aromatic heterocycles. The molecule has 0 heterocycles. The molecule has 1 aromatic rings. The van der Waals surface area contributed by atoms with Gasteiger partial charge in [-0.2, -0.15) is 5.26 Å². The van der Waals surface area contributed by atoms with E-state index in [2.05, 4.69) is 21.2 Å². The first-order valence-electron chi connectivity index (χ1n) is 4.85. The van der Waals surface area contributed by atoms with E-state index >= 15 is 0 Å². The Bertz CT molecular complexity index is 461. The van der Waals surface area contributed by atoms with Crippen molar-refractivity contribution in [1.29, 1.82) is 5.26 Å². The molecular formula is C12H13BrN2O. The monoisotopic (exact) mass is 280 g/mol. The van der Waals surface area contributed by atoms with E-state index in [0.717, 1.165) is 10.0 Å². The number of halogens is 1. The SMILES string of the molecule is Cc1cc(Br)ccc1C(=O)NC(C)(C)C#N. The van der Waals surface area contributed by atoms with Crippen molar-refractivity contribution in [2.45, 2.75) is 26.3 Å². The first kappa shape index (κ1) is 12.7. The van der Waals surface area contributed by atoms with Gasteiger partial charge in [-0.15, -0.1) is 0 Å². The molecule has 0 fully saturated rings. The Balaban J connectivity index is 2.95. The summed E-state index contributed by atoms with van der Waals surface area (Å²) in [6.07, 6.45) is 0. The minimum atomic E-state index is -0.851. The van der Waals surface area contributed by atoms with Crippen molar-refractivity contribution in [1.82, 2.24) is 5.32 Å². The van der Waals surface area contributed by atoms with Crippen LogP contribution in [-0.2, 0) is 0 Å². The van der Waals surface area contributed by atoms with Crippen LogP contribution in [0, 0.1) is 18.3 Å². The van der Waals surface area contributed by atoms with Crippen molar-refractivity contribution in [3.05, 3.63) is 33.8 Å². The fourth-order valence-corrected chi connectivity index (χ4v) is 1.74. The summed E-state index contributed by atoms with van der Waals surface area (Å²) in [5.74, 6) is -0.225. The third kappa shape index (κ3) is 3.07. The van der Waals surface area contributed by atoms with Crippen molar-refractivity contribution in [3.63, 3.8) is 0 Å². The van der Waals surface area contributed by atoms with E-state index in [1.54, 1.807) is 26.0 Å². The lowest BCUT2D eigenvalue weighted by Gasteiger charge is -2.18. The molecule has 1 N–H and O–H groups in total. The third-order valence-electron chi connectivity index (χ3n) is 2.14. The van der Waals surface area contributed by atoms with Crippen LogP contribution in [0.4, 0.5) is 0 Å². The zero-order chi connectivity index (χ0) is 12.3. The topological polar surface area (TPSA) is 52.9 Å². The molecule has 0 unspecified atom stereocenters. The summed E-state index contributed by atoms with van der Waals surface area (Å²) in [5.41, 5.74) is 0.614. The number of carbonyl (C=O) groups excluding carboxylic acids is 1. The third-order valence-corrected chi connectivity index (χ3v) is 2.63. The number of carbonyl (C=O) groups is 1. The largest absolute Gasteiger partial charge is 0.334 e. The van der Waals surface area contributed by atoms with Gasteiger partial charge >= 0.3 is 0 Å². The van der Waals surface area contributed by atoms with Crippen LogP contribution >= 0.6 is 15.9 Å². The first-order chi connectivity index (χ1) is 7.35. The number of hydrogen-bond acceptors (Lipinski definition) is 2. The molecule has 16 heavy (non-hydrogen) atoms. The second-order valence-electron chi connectivity index (χ2n) is 4.15. The lowest BCUT2D eigenvalue weighted by molar-refractivity contribution is 0.0928. The molecule has 0 atom stereocenters. The molecule has 84 valence electrons. The van der Waals surface area contributed by atoms with Crippen molar-refractivity contribution in [2.24, 2.45) is 0 Å². The Morgan fingerprint density at radius 1 is 1.50 bits per heavy atom. The van der Waals surface area contributed by atoms with Gasteiger partial charge in [0.15, 0.2) is 0 Å². The summed E-state index contributed by atoms with van der Waals surface area (Å²) in [4.78, 5) is 11.9. The molecule has 0 saturated heterocycles. The zero-order valence-corrected chi connectivity index (χ0v) is 11.1. The number of nitrogens with zero attached hydrogens (tertiary/aromatic N) is 1. The number of hydrogen-bond donors (Lipinski definition) is 1. The van der Waals surface area contributed by atoms with Crippen LogP contribution in [-0.4, -0.2) is 11.4 Å². The second-order valence-corrected chi connectivity index (χ2v) is 5.07. The lowest BCUT2D eigenvalue weighted by atomic mass is 10.0. The van der Waals surface area contributed by atoms with E-state index in [0.29, 0.717) is 5.56 Å². The van der Waals surface area contributed by atoms with Crippen molar-refractivity contribution >= 4 is 21.8 Å². The van der Waals surface area contributed by atoms with Gasteiger partial charge in [0.1, 0.15) is 5.54 Å². The number of amides is 1. The summed E-state index contributed by atoms with van der Waals surface area (Å²) in [6, 6.07) is 7.45. The van der Waals surface area contributed by atoms with Crippen molar-refractivity contribution in [3.8, 4) is 6.07 Å². The molecule has 0 bridgehead atoms. The van der Waals surface area contributed by atoms with Crippen LogP contribution in [0.3, 0.4) is 0 Å². The predicted octanol–water partition coefficient (Wildman–Crippen LogP) is 2.79. The van der Waals surface area contributed by atoms with E-state index in [-0.39, 0.29) is 5.91 Å². The molecule has 3 nitrogen and oxygen atoms in total. The zero-order valence-electron chi connectivity index (χ0n) is 9.47. The van der Waals surface area contributed by atoms with Gasteiger partial charge in [0.05, 0.1) is 6.07 Å². The number of nitriles is 1. The molecule has 0 spiro atoms. The predicted molar refractivity (Wildman–Crippen MR) is 66.0 cm³/mol. The van der Waals surface area contributed by atoms with E-state index in [1.165, 1.54) is 0 Å². The van der Waals surface area contributed by atoms with Crippen molar-refractivity contribution in [2.75, 3.05) is 0 Å². The molecule has 1 amide bonds. The van der Waals surface area contributed by atoms with E-state index in [9.17, 15) is 4.79 Å².